The predicted octanol–water partition coefficient (Wildman–Crippen LogP) is 2.88. The summed E-state index contributed by atoms with van der Waals surface area (Å²) in [5.41, 5.74) is 1.03. The van der Waals surface area contributed by atoms with Gasteiger partial charge in [0.1, 0.15) is 5.82 Å². The summed E-state index contributed by atoms with van der Waals surface area (Å²) < 4.78 is 13.0. The minimum atomic E-state index is -0.247. The van der Waals surface area contributed by atoms with Crippen LogP contribution in [-0.4, -0.2) is 23.9 Å². The van der Waals surface area contributed by atoms with Crippen molar-refractivity contribution in [2.75, 3.05) is 0 Å². The van der Waals surface area contributed by atoms with Crippen LogP contribution in [0, 0.1) is 17.7 Å². The molecule has 134 valence electrons. The van der Waals surface area contributed by atoms with Crippen molar-refractivity contribution in [1.82, 2.24) is 10.6 Å². The molecule has 0 saturated heterocycles. The summed E-state index contributed by atoms with van der Waals surface area (Å²) in [6.45, 7) is 0. The van der Waals surface area contributed by atoms with Gasteiger partial charge in [-0.1, -0.05) is 18.6 Å². The zero-order valence-electron chi connectivity index (χ0n) is 14.3. The van der Waals surface area contributed by atoms with E-state index in [9.17, 15) is 14.0 Å². The van der Waals surface area contributed by atoms with Crippen molar-refractivity contribution in [2.24, 2.45) is 11.8 Å². The highest BCUT2D eigenvalue weighted by Gasteiger charge is 2.44. The van der Waals surface area contributed by atoms with Gasteiger partial charge in [0.15, 0.2) is 0 Å². The fraction of sp³-hybridized carbons (Fsp3) is 0.600. The molecule has 2 amide bonds. The first-order valence-corrected chi connectivity index (χ1v) is 9.46. The fourth-order valence-electron chi connectivity index (χ4n) is 3.98. The van der Waals surface area contributed by atoms with Crippen molar-refractivity contribution in [3.8, 4) is 0 Å². The third-order valence-corrected chi connectivity index (χ3v) is 5.74. The first-order chi connectivity index (χ1) is 12.1. The van der Waals surface area contributed by atoms with Crippen LogP contribution in [0.1, 0.15) is 56.4 Å². The summed E-state index contributed by atoms with van der Waals surface area (Å²) in [7, 11) is 0. The minimum Gasteiger partial charge on any atom is -0.353 e. The molecule has 4 nitrogen and oxygen atoms in total. The third kappa shape index (κ3) is 4.02. The summed E-state index contributed by atoms with van der Waals surface area (Å²) in [5, 5.41) is 6.24. The largest absolute Gasteiger partial charge is 0.353 e. The van der Waals surface area contributed by atoms with Crippen LogP contribution < -0.4 is 10.6 Å². The molecule has 0 spiro atoms. The minimum absolute atomic E-state index is 0.00821. The lowest BCUT2D eigenvalue weighted by molar-refractivity contribution is -0.128. The van der Waals surface area contributed by atoms with E-state index in [-0.39, 0.29) is 41.4 Å². The molecule has 0 radical (unpaired) electrons. The van der Waals surface area contributed by atoms with Gasteiger partial charge in [0.2, 0.25) is 11.8 Å². The van der Waals surface area contributed by atoms with E-state index in [1.165, 1.54) is 12.1 Å². The van der Waals surface area contributed by atoms with Gasteiger partial charge in [-0.05, 0) is 62.1 Å². The second-order valence-corrected chi connectivity index (χ2v) is 7.85. The van der Waals surface area contributed by atoms with Crippen molar-refractivity contribution < 1.29 is 14.0 Å². The molecule has 0 unspecified atom stereocenters. The number of carbonyl (C=O) groups is 2. The molecule has 4 atom stereocenters. The predicted molar refractivity (Wildman–Crippen MR) is 92.3 cm³/mol. The average molecular weight is 344 g/mol. The molecule has 3 aliphatic carbocycles. The quantitative estimate of drug-likeness (QED) is 0.863. The number of amides is 2. The molecule has 1 aromatic rings. The van der Waals surface area contributed by atoms with Gasteiger partial charge in [0.25, 0.3) is 0 Å². The van der Waals surface area contributed by atoms with E-state index >= 15 is 0 Å². The van der Waals surface area contributed by atoms with Gasteiger partial charge in [-0.2, -0.15) is 0 Å². The van der Waals surface area contributed by atoms with Crippen LogP contribution in [0.5, 0.6) is 0 Å². The van der Waals surface area contributed by atoms with Crippen molar-refractivity contribution in [3.63, 3.8) is 0 Å². The van der Waals surface area contributed by atoms with Crippen LogP contribution in [0.15, 0.2) is 24.3 Å². The van der Waals surface area contributed by atoms with E-state index < -0.39 is 0 Å². The smallest absolute Gasteiger partial charge is 0.223 e. The molecule has 1 aromatic carbocycles. The maximum absolute atomic E-state index is 13.0. The number of carbonyl (C=O) groups excluding carboxylic acids is 2. The van der Waals surface area contributed by atoms with Gasteiger partial charge in [-0.15, -0.1) is 0 Å². The van der Waals surface area contributed by atoms with Crippen LogP contribution >= 0.6 is 0 Å². The van der Waals surface area contributed by atoms with Crippen molar-refractivity contribution in [1.29, 1.82) is 0 Å². The third-order valence-electron chi connectivity index (χ3n) is 5.74. The molecule has 3 fully saturated rings. The van der Waals surface area contributed by atoms with Crippen molar-refractivity contribution >= 4 is 11.8 Å². The van der Waals surface area contributed by atoms with E-state index in [4.69, 9.17) is 0 Å². The standard InChI is InChI=1S/C20H25FN2O2/c21-14-6-4-12(5-7-14)17-11-18(17)20(25)23-16-3-1-2-13(10-16)19(24)22-15-8-9-15/h4-7,13,15-18H,1-3,8-11H2,(H,22,24)(H,23,25)/t13-,16+,17+,18+/m1/s1. The molecule has 4 rings (SSSR count). The van der Waals surface area contributed by atoms with Gasteiger partial charge in [-0.3, -0.25) is 9.59 Å². The van der Waals surface area contributed by atoms with Gasteiger partial charge < -0.3 is 10.6 Å². The highest BCUT2D eigenvalue weighted by molar-refractivity contribution is 5.83. The zero-order valence-corrected chi connectivity index (χ0v) is 14.3. The van der Waals surface area contributed by atoms with E-state index in [1.807, 2.05) is 0 Å². The topological polar surface area (TPSA) is 58.2 Å². The normalized spacial score (nSPS) is 31.2. The Morgan fingerprint density at radius 3 is 2.32 bits per heavy atom. The Bertz CT molecular complexity index is 656. The lowest BCUT2D eigenvalue weighted by Crippen LogP contribution is -2.43. The summed E-state index contributed by atoms with van der Waals surface area (Å²) in [4.78, 5) is 24.7. The van der Waals surface area contributed by atoms with E-state index in [0.29, 0.717) is 6.04 Å². The Kier molecular flexibility index (Phi) is 4.48. The molecule has 2 N–H and O–H groups in total. The molecule has 0 aromatic heterocycles. The first kappa shape index (κ1) is 16.6. The van der Waals surface area contributed by atoms with Crippen LogP contribution in [0.2, 0.25) is 0 Å². The molecule has 0 heterocycles. The highest BCUT2D eigenvalue weighted by Crippen LogP contribution is 2.47. The van der Waals surface area contributed by atoms with E-state index in [0.717, 1.165) is 50.5 Å². The maximum atomic E-state index is 13.0. The van der Waals surface area contributed by atoms with Crippen LogP contribution in [-0.2, 0) is 9.59 Å². The molecule has 25 heavy (non-hydrogen) atoms. The van der Waals surface area contributed by atoms with Crippen LogP contribution in [0.25, 0.3) is 0 Å². The van der Waals surface area contributed by atoms with Crippen LogP contribution in [0.4, 0.5) is 4.39 Å². The molecular formula is C20H25FN2O2. The van der Waals surface area contributed by atoms with Gasteiger partial charge >= 0.3 is 0 Å². The fourth-order valence-corrected chi connectivity index (χ4v) is 3.98. The molecule has 5 heteroatoms. The molecule has 0 aliphatic heterocycles. The summed E-state index contributed by atoms with van der Waals surface area (Å²) in [6, 6.07) is 6.94. The monoisotopic (exact) mass is 344 g/mol. The number of benzene rings is 1. The Labute approximate surface area is 147 Å². The summed E-state index contributed by atoms with van der Waals surface area (Å²) in [5.74, 6) is 0.235. The number of hydrogen-bond donors (Lipinski definition) is 2. The lowest BCUT2D eigenvalue weighted by atomic mass is 9.85. The SMILES string of the molecule is O=C(NC1CC1)[C@@H]1CCC[C@H](NC(=O)[C@H]2C[C@H]2c2ccc(F)cc2)C1. The lowest BCUT2D eigenvalue weighted by Gasteiger charge is -2.29. The molecule has 3 saturated carbocycles. The molecule has 3 aliphatic rings. The zero-order chi connectivity index (χ0) is 17.4. The molecular weight excluding hydrogens is 319 g/mol. The van der Waals surface area contributed by atoms with Crippen molar-refractivity contribution in [2.45, 2.75) is 62.9 Å². The average Bonchev–Trinajstić information content (AvgIpc) is 3.50. The second-order valence-electron chi connectivity index (χ2n) is 7.85. The summed E-state index contributed by atoms with van der Waals surface area (Å²) >= 11 is 0. The maximum Gasteiger partial charge on any atom is 0.223 e. The summed E-state index contributed by atoms with van der Waals surface area (Å²) in [6.07, 6.45) is 6.64. The number of halogens is 1. The van der Waals surface area contributed by atoms with Crippen LogP contribution in [0.3, 0.4) is 0 Å². The molecule has 0 bridgehead atoms. The number of nitrogens with one attached hydrogen (secondary N) is 2. The first-order valence-electron chi connectivity index (χ1n) is 9.46. The van der Waals surface area contributed by atoms with Gasteiger partial charge in [-0.25, -0.2) is 4.39 Å². The highest BCUT2D eigenvalue weighted by atomic mass is 19.1. The number of rotatable bonds is 5. The van der Waals surface area contributed by atoms with Gasteiger partial charge in [0, 0.05) is 23.9 Å². The number of hydrogen-bond acceptors (Lipinski definition) is 2. The Morgan fingerprint density at radius 2 is 1.60 bits per heavy atom. The Balaban J connectivity index is 1.27. The van der Waals surface area contributed by atoms with E-state index in [2.05, 4.69) is 10.6 Å². The van der Waals surface area contributed by atoms with E-state index in [1.54, 1.807) is 12.1 Å². The van der Waals surface area contributed by atoms with Crippen molar-refractivity contribution in [3.05, 3.63) is 35.6 Å². The Morgan fingerprint density at radius 1 is 0.880 bits per heavy atom. The Hall–Kier alpha value is -1.91. The van der Waals surface area contributed by atoms with Gasteiger partial charge in [0.05, 0.1) is 0 Å². The second kappa shape index (κ2) is 6.77.